The van der Waals surface area contributed by atoms with E-state index < -0.39 is 0 Å². The smallest absolute Gasteiger partial charge is 0.238 e. The molecule has 3 rings (SSSR count). The van der Waals surface area contributed by atoms with E-state index >= 15 is 0 Å². The van der Waals surface area contributed by atoms with Gasteiger partial charge >= 0.3 is 0 Å². The Bertz CT molecular complexity index is 639. The summed E-state index contributed by atoms with van der Waals surface area (Å²) in [5, 5.41) is 3.05. The lowest BCUT2D eigenvalue weighted by molar-refractivity contribution is -0.115. The van der Waals surface area contributed by atoms with E-state index in [1.807, 2.05) is 31.2 Å². The lowest BCUT2D eigenvalue weighted by atomic mass is 9.86. The number of aryl methyl sites for hydroxylation is 1. The van der Waals surface area contributed by atoms with E-state index in [-0.39, 0.29) is 16.7 Å². The van der Waals surface area contributed by atoms with Crippen molar-refractivity contribution in [2.45, 2.75) is 24.1 Å². The molecule has 0 spiro atoms. The minimum absolute atomic E-state index is 0.0407. The Morgan fingerprint density at radius 2 is 1.85 bits per heavy atom. The third-order valence-corrected chi connectivity index (χ3v) is 4.65. The second-order valence-corrected chi connectivity index (χ2v) is 6.30. The highest BCUT2D eigenvalue weighted by molar-refractivity contribution is 9.10. The number of carbonyl (C=O) groups is 1. The maximum Gasteiger partial charge on any atom is 0.238 e. The summed E-state index contributed by atoms with van der Waals surface area (Å²) in [6.45, 7) is 2.04. The third kappa shape index (κ3) is 2.38. The molecule has 1 heterocycles. The molecular weight excluding hydrogens is 314 g/mol. The Balaban J connectivity index is 2.15. The molecule has 3 heteroatoms. The van der Waals surface area contributed by atoms with Crippen LogP contribution in [-0.4, -0.2) is 10.7 Å². The number of nitrogens with one attached hydrogen (secondary N) is 1. The molecule has 2 aromatic carbocycles. The number of hydrogen-bond acceptors (Lipinski definition) is 1. The van der Waals surface area contributed by atoms with Crippen LogP contribution >= 0.6 is 15.9 Å². The molecule has 102 valence electrons. The van der Waals surface area contributed by atoms with Gasteiger partial charge in [-0.2, -0.15) is 0 Å². The predicted octanol–water partition coefficient (Wildman–Crippen LogP) is 4.23. The fourth-order valence-electron chi connectivity index (χ4n) is 2.80. The molecule has 0 aliphatic carbocycles. The van der Waals surface area contributed by atoms with Crippen LogP contribution in [0.4, 0.5) is 5.69 Å². The van der Waals surface area contributed by atoms with Gasteiger partial charge in [0.2, 0.25) is 5.91 Å². The van der Waals surface area contributed by atoms with Gasteiger partial charge in [-0.3, -0.25) is 4.79 Å². The highest BCUT2D eigenvalue weighted by Crippen LogP contribution is 2.39. The maximum absolute atomic E-state index is 12.1. The van der Waals surface area contributed by atoms with Crippen molar-refractivity contribution < 1.29 is 4.79 Å². The van der Waals surface area contributed by atoms with Crippen molar-refractivity contribution in [1.29, 1.82) is 0 Å². The monoisotopic (exact) mass is 329 g/mol. The normalized spacial score (nSPS) is 21.8. The van der Waals surface area contributed by atoms with Crippen molar-refractivity contribution in [3.63, 3.8) is 0 Å². The highest BCUT2D eigenvalue weighted by Gasteiger charge is 2.29. The number of carbonyl (C=O) groups excluding carboxylic acids is 1. The first-order chi connectivity index (χ1) is 9.66. The number of amides is 1. The number of benzene rings is 2. The second kappa shape index (κ2) is 5.41. The van der Waals surface area contributed by atoms with Gasteiger partial charge in [0.25, 0.3) is 0 Å². The summed E-state index contributed by atoms with van der Waals surface area (Å²) in [6, 6.07) is 16.6. The Morgan fingerprint density at radius 3 is 2.60 bits per heavy atom. The van der Waals surface area contributed by atoms with Gasteiger partial charge < -0.3 is 5.32 Å². The van der Waals surface area contributed by atoms with Crippen LogP contribution in [0.2, 0.25) is 0 Å². The molecule has 1 amide bonds. The van der Waals surface area contributed by atoms with E-state index in [4.69, 9.17) is 0 Å². The zero-order chi connectivity index (χ0) is 14.1. The fourth-order valence-corrected chi connectivity index (χ4v) is 3.28. The fraction of sp³-hybridized carbons (Fsp3) is 0.235. The number of halogens is 1. The zero-order valence-electron chi connectivity index (χ0n) is 11.3. The average molecular weight is 330 g/mol. The molecule has 1 N–H and O–H groups in total. The molecule has 20 heavy (non-hydrogen) atoms. The van der Waals surface area contributed by atoms with Crippen molar-refractivity contribution in [2.24, 2.45) is 0 Å². The standard InChI is InChI=1S/C17H16BrNO/c1-11-6-5-9-13-14(12-7-3-2-4-8-12)10-15(18)17(20)19-16(11)13/h2-9,14-15H,10H2,1H3,(H,19,20). The Kier molecular flexibility index (Phi) is 3.62. The predicted molar refractivity (Wildman–Crippen MR) is 85.4 cm³/mol. The van der Waals surface area contributed by atoms with Crippen LogP contribution in [0.15, 0.2) is 48.5 Å². The van der Waals surface area contributed by atoms with Gasteiger partial charge in [0.05, 0.1) is 4.83 Å². The third-order valence-electron chi connectivity index (χ3n) is 3.86. The minimum atomic E-state index is -0.167. The number of rotatable bonds is 1. The summed E-state index contributed by atoms with van der Waals surface area (Å²) in [5.41, 5.74) is 4.53. The van der Waals surface area contributed by atoms with Gasteiger partial charge in [0, 0.05) is 11.6 Å². The molecule has 1 aliphatic rings. The molecule has 0 bridgehead atoms. The summed E-state index contributed by atoms with van der Waals surface area (Å²) >= 11 is 3.51. The van der Waals surface area contributed by atoms with Gasteiger partial charge in [0.15, 0.2) is 0 Å². The molecule has 0 radical (unpaired) electrons. The molecule has 0 saturated heterocycles. The Hall–Kier alpha value is -1.61. The van der Waals surface area contributed by atoms with Crippen LogP contribution in [0.5, 0.6) is 0 Å². The van der Waals surface area contributed by atoms with Crippen LogP contribution in [0, 0.1) is 6.92 Å². The topological polar surface area (TPSA) is 29.1 Å². The number of fused-ring (bicyclic) bond motifs is 1. The summed E-state index contributed by atoms with van der Waals surface area (Å²) in [5.74, 6) is 0.272. The van der Waals surface area contributed by atoms with Crippen LogP contribution in [0.3, 0.4) is 0 Å². The van der Waals surface area contributed by atoms with Gasteiger partial charge in [-0.1, -0.05) is 64.5 Å². The maximum atomic E-state index is 12.1. The van der Waals surface area contributed by atoms with Crippen molar-refractivity contribution in [3.05, 3.63) is 65.2 Å². The molecule has 2 nitrogen and oxygen atoms in total. The second-order valence-electron chi connectivity index (χ2n) is 5.19. The Morgan fingerprint density at radius 1 is 1.10 bits per heavy atom. The van der Waals surface area contributed by atoms with E-state index in [0.29, 0.717) is 0 Å². The van der Waals surface area contributed by atoms with E-state index in [2.05, 4.69) is 45.5 Å². The number of anilines is 1. The summed E-state index contributed by atoms with van der Waals surface area (Å²) < 4.78 is 0. The lowest BCUT2D eigenvalue weighted by Gasteiger charge is -2.19. The van der Waals surface area contributed by atoms with Gasteiger partial charge in [-0.15, -0.1) is 0 Å². The molecule has 2 atom stereocenters. The van der Waals surface area contributed by atoms with Crippen molar-refractivity contribution >= 4 is 27.5 Å². The van der Waals surface area contributed by atoms with Crippen molar-refractivity contribution in [3.8, 4) is 0 Å². The largest absolute Gasteiger partial charge is 0.325 e. The zero-order valence-corrected chi connectivity index (χ0v) is 12.9. The van der Waals surface area contributed by atoms with E-state index in [9.17, 15) is 4.79 Å². The van der Waals surface area contributed by atoms with Gasteiger partial charge in [-0.25, -0.2) is 0 Å². The molecule has 0 aromatic heterocycles. The molecule has 2 aromatic rings. The van der Waals surface area contributed by atoms with E-state index in [1.165, 1.54) is 11.1 Å². The van der Waals surface area contributed by atoms with Gasteiger partial charge in [-0.05, 0) is 30.0 Å². The van der Waals surface area contributed by atoms with Crippen LogP contribution in [-0.2, 0) is 4.79 Å². The molecule has 1 aliphatic heterocycles. The van der Waals surface area contributed by atoms with Crippen LogP contribution in [0.25, 0.3) is 0 Å². The quantitative estimate of drug-likeness (QED) is 0.779. The minimum Gasteiger partial charge on any atom is -0.325 e. The van der Waals surface area contributed by atoms with Crippen molar-refractivity contribution in [2.75, 3.05) is 5.32 Å². The van der Waals surface area contributed by atoms with Crippen LogP contribution in [0.1, 0.15) is 29.0 Å². The number of alkyl halides is 1. The molecule has 0 saturated carbocycles. The first-order valence-electron chi connectivity index (χ1n) is 6.76. The van der Waals surface area contributed by atoms with Crippen molar-refractivity contribution in [1.82, 2.24) is 0 Å². The highest BCUT2D eigenvalue weighted by atomic mass is 79.9. The molecular formula is C17H16BrNO. The first kappa shape index (κ1) is 13.4. The van der Waals surface area contributed by atoms with Crippen LogP contribution < -0.4 is 5.32 Å². The average Bonchev–Trinajstić information content (AvgIpc) is 2.59. The Labute approximate surface area is 127 Å². The van der Waals surface area contributed by atoms with E-state index in [1.54, 1.807) is 0 Å². The number of para-hydroxylation sites is 1. The van der Waals surface area contributed by atoms with E-state index in [0.717, 1.165) is 17.7 Å². The SMILES string of the molecule is Cc1cccc2c1NC(=O)C(Br)CC2c1ccccc1. The summed E-state index contributed by atoms with van der Waals surface area (Å²) in [4.78, 5) is 12.0. The number of hydrogen-bond donors (Lipinski definition) is 1. The summed E-state index contributed by atoms with van der Waals surface area (Å²) in [7, 11) is 0. The lowest BCUT2D eigenvalue weighted by Crippen LogP contribution is -2.21. The molecule has 2 unspecified atom stereocenters. The summed E-state index contributed by atoms with van der Waals surface area (Å²) in [6.07, 6.45) is 0.770. The van der Waals surface area contributed by atoms with Gasteiger partial charge in [0.1, 0.15) is 0 Å². The first-order valence-corrected chi connectivity index (χ1v) is 7.68. The molecule has 0 fully saturated rings.